The molecule has 1 saturated heterocycles. The van der Waals surface area contributed by atoms with E-state index in [1.165, 1.54) is 38.5 Å². The molecule has 3 nitrogen and oxygen atoms in total. The highest BCUT2D eigenvalue weighted by molar-refractivity contribution is 4.92. The van der Waals surface area contributed by atoms with Crippen LogP contribution in [0.25, 0.3) is 0 Å². The monoisotopic (exact) mass is 226 g/mol. The van der Waals surface area contributed by atoms with Gasteiger partial charge in [0.05, 0.1) is 6.61 Å². The van der Waals surface area contributed by atoms with Gasteiger partial charge in [0, 0.05) is 17.7 Å². The summed E-state index contributed by atoms with van der Waals surface area (Å²) < 4.78 is 5.54. The maximum absolute atomic E-state index is 6.35. The molecule has 1 aliphatic heterocycles. The minimum Gasteiger partial charge on any atom is -0.380 e. The van der Waals surface area contributed by atoms with Crippen molar-refractivity contribution in [2.45, 2.75) is 62.9 Å². The molecule has 0 bridgehead atoms. The van der Waals surface area contributed by atoms with Crippen molar-refractivity contribution in [3.63, 3.8) is 0 Å². The predicted molar refractivity (Wildman–Crippen MR) is 66.5 cm³/mol. The van der Waals surface area contributed by atoms with Crippen LogP contribution >= 0.6 is 0 Å². The molecule has 16 heavy (non-hydrogen) atoms. The molecule has 2 aliphatic rings. The second-order valence-electron chi connectivity index (χ2n) is 5.96. The van der Waals surface area contributed by atoms with Crippen molar-refractivity contribution in [2.75, 3.05) is 19.8 Å². The predicted octanol–water partition coefficient (Wildman–Crippen LogP) is 1.81. The van der Waals surface area contributed by atoms with Crippen molar-refractivity contribution < 1.29 is 4.74 Å². The summed E-state index contributed by atoms with van der Waals surface area (Å²) >= 11 is 0. The van der Waals surface area contributed by atoms with Crippen molar-refractivity contribution in [3.8, 4) is 0 Å². The van der Waals surface area contributed by atoms with Crippen LogP contribution in [0, 0.1) is 0 Å². The van der Waals surface area contributed by atoms with Crippen LogP contribution in [0.2, 0.25) is 0 Å². The van der Waals surface area contributed by atoms with Crippen LogP contribution in [0.4, 0.5) is 0 Å². The summed E-state index contributed by atoms with van der Waals surface area (Å²) in [4.78, 5) is 0. The molecule has 1 saturated carbocycles. The van der Waals surface area contributed by atoms with Gasteiger partial charge in [0.1, 0.15) is 0 Å². The number of nitrogens with two attached hydrogens (primary N) is 1. The largest absolute Gasteiger partial charge is 0.380 e. The Bertz CT molecular complexity index is 218. The molecular formula is C13H26N2O. The Morgan fingerprint density at radius 2 is 1.94 bits per heavy atom. The molecule has 1 unspecified atom stereocenters. The van der Waals surface area contributed by atoms with E-state index < -0.39 is 0 Å². The molecule has 1 atom stereocenters. The van der Waals surface area contributed by atoms with Crippen LogP contribution in [0.15, 0.2) is 0 Å². The van der Waals surface area contributed by atoms with Gasteiger partial charge in [0.25, 0.3) is 0 Å². The molecule has 3 heteroatoms. The Balaban J connectivity index is 1.70. The molecule has 0 aromatic heterocycles. The van der Waals surface area contributed by atoms with Crippen LogP contribution < -0.4 is 11.1 Å². The first kappa shape index (κ1) is 12.3. The van der Waals surface area contributed by atoms with E-state index in [2.05, 4.69) is 12.2 Å². The van der Waals surface area contributed by atoms with Crippen LogP contribution in [-0.2, 0) is 4.74 Å². The molecule has 0 amide bonds. The highest BCUT2D eigenvalue weighted by Crippen LogP contribution is 2.30. The van der Waals surface area contributed by atoms with E-state index in [4.69, 9.17) is 10.5 Å². The highest BCUT2D eigenvalue weighted by atomic mass is 16.5. The fourth-order valence-corrected chi connectivity index (χ4v) is 3.02. The minimum absolute atomic E-state index is 0.124. The summed E-state index contributed by atoms with van der Waals surface area (Å²) in [6.45, 7) is 5.09. The number of nitrogens with one attached hydrogen (secondary N) is 1. The molecule has 1 aliphatic carbocycles. The summed E-state index contributed by atoms with van der Waals surface area (Å²) in [5.41, 5.74) is 6.66. The number of ether oxygens (including phenoxy) is 1. The average Bonchev–Trinajstić information content (AvgIpc) is 2.66. The lowest BCUT2D eigenvalue weighted by atomic mass is 9.92. The first-order valence-electron chi connectivity index (χ1n) is 6.74. The summed E-state index contributed by atoms with van der Waals surface area (Å²) in [6, 6.07) is 0. The number of hydrogen-bond acceptors (Lipinski definition) is 3. The second kappa shape index (κ2) is 5.03. The lowest BCUT2D eigenvalue weighted by Crippen LogP contribution is -2.51. The molecule has 1 heterocycles. The molecule has 2 fully saturated rings. The average molecular weight is 226 g/mol. The van der Waals surface area contributed by atoms with Crippen LogP contribution in [-0.4, -0.2) is 30.8 Å². The molecule has 0 aromatic rings. The van der Waals surface area contributed by atoms with E-state index in [1.807, 2.05) is 0 Å². The zero-order chi connectivity index (χ0) is 11.5. The van der Waals surface area contributed by atoms with Gasteiger partial charge in [-0.05, 0) is 45.6 Å². The summed E-state index contributed by atoms with van der Waals surface area (Å²) in [5, 5.41) is 3.65. The maximum Gasteiger partial charge on any atom is 0.0645 e. The van der Waals surface area contributed by atoms with E-state index >= 15 is 0 Å². The van der Waals surface area contributed by atoms with Gasteiger partial charge < -0.3 is 15.8 Å². The molecule has 2 rings (SSSR count). The highest BCUT2D eigenvalue weighted by Gasteiger charge is 2.31. The second-order valence-corrected chi connectivity index (χ2v) is 5.96. The summed E-state index contributed by atoms with van der Waals surface area (Å²) in [6.07, 6.45) is 8.57. The molecule has 3 N–H and O–H groups in total. The Morgan fingerprint density at radius 3 is 2.56 bits per heavy atom. The fraction of sp³-hybridized carbons (Fsp3) is 1.00. The fourth-order valence-electron chi connectivity index (χ4n) is 3.02. The third-order valence-corrected chi connectivity index (χ3v) is 4.21. The third kappa shape index (κ3) is 3.19. The van der Waals surface area contributed by atoms with Crippen molar-refractivity contribution in [2.24, 2.45) is 5.73 Å². The van der Waals surface area contributed by atoms with Crippen molar-refractivity contribution in [1.29, 1.82) is 0 Å². The van der Waals surface area contributed by atoms with Gasteiger partial charge in [-0.25, -0.2) is 0 Å². The van der Waals surface area contributed by atoms with Crippen LogP contribution in [0.3, 0.4) is 0 Å². The molecule has 0 spiro atoms. The molecule has 0 radical (unpaired) electrons. The zero-order valence-corrected chi connectivity index (χ0v) is 10.6. The van der Waals surface area contributed by atoms with Crippen molar-refractivity contribution >= 4 is 0 Å². The SMILES string of the molecule is CC1(NCCC2(N)CCCC2)CCCOC1. The number of rotatable bonds is 4. The zero-order valence-electron chi connectivity index (χ0n) is 10.6. The summed E-state index contributed by atoms with van der Waals surface area (Å²) in [7, 11) is 0. The quantitative estimate of drug-likeness (QED) is 0.768. The van der Waals surface area contributed by atoms with Gasteiger partial charge in [-0.1, -0.05) is 12.8 Å². The van der Waals surface area contributed by atoms with Gasteiger partial charge in [-0.15, -0.1) is 0 Å². The standard InChI is InChI=1S/C13H26N2O/c1-12(5-4-10-16-11-12)15-9-8-13(14)6-2-3-7-13/h15H,2-11,14H2,1H3. The van der Waals surface area contributed by atoms with Crippen molar-refractivity contribution in [1.82, 2.24) is 5.32 Å². The molecule has 0 aromatic carbocycles. The number of hydrogen-bond donors (Lipinski definition) is 2. The van der Waals surface area contributed by atoms with E-state index in [-0.39, 0.29) is 11.1 Å². The normalized spacial score (nSPS) is 34.1. The molecule has 94 valence electrons. The van der Waals surface area contributed by atoms with Crippen molar-refractivity contribution in [3.05, 3.63) is 0 Å². The maximum atomic E-state index is 6.35. The first-order valence-corrected chi connectivity index (χ1v) is 6.74. The summed E-state index contributed by atoms with van der Waals surface area (Å²) in [5.74, 6) is 0. The van der Waals surface area contributed by atoms with E-state index in [0.29, 0.717) is 0 Å². The Labute approximate surface area is 99.1 Å². The van der Waals surface area contributed by atoms with Gasteiger partial charge in [-0.2, -0.15) is 0 Å². The van der Waals surface area contributed by atoms with Gasteiger partial charge in [0.2, 0.25) is 0 Å². The van der Waals surface area contributed by atoms with E-state index in [9.17, 15) is 0 Å². The van der Waals surface area contributed by atoms with Gasteiger partial charge in [-0.3, -0.25) is 0 Å². The Hall–Kier alpha value is -0.120. The topological polar surface area (TPSA) is 47.3 Å². The van der Waals surface area contributed by atoms with Gasteiger partial charge in [0.15, 0.2) is 0 Å². The van der Waals surface area contributed by atoms with E-state index in [1.54, 1.807) is 0 Å². The Morgan fingerprint density at radius 1 is 1.19 bits per heavy atom. The lowest BCUT2D eigenvalue weighted by molar-refractivity contribution is 0.0279. The first-order chi connectivity index (χ1) is 7.62. The minimum atomic E-state index is 0.124. The van der Waals surface area contributed by atoms with Crippen LogP contribution in [0.5, 0.6) is 0 Å². The lowest BCUT2D eigenvalue weighted by Gasteiger charge is -2.35. The van der Waals surface area contributed by atoms with E-state index in [0.717, 1.165) is 26.2 Å². The Kier molecular flexibility index (Phi) is 3.88. The van der Waals surface area contributed by atoms with Crippen LogP contribution in [0.1, 0.15) is 51.9 Å². The molecular weight excluding hydrogens is 200 g/mol. The third-order valence-electron chi connectivity index (χ3n) is 4.21. The smallest absolute Gasteiger partial charge is 0.0645 e. The van der Waals surface area contributed by atoms with Gasteiger partial charge >= 0.3 is 0 Å².